The zero-order valence-electron chi connectivity index (χ0n) is 14.7. The van der Waals surface area contributed by atoms with E-state index in [0.717, 1.165) is 24.6 Å². The van der Waals surface area contributed by atoms with Gasteiger partial charge in [0.15, 0.2) is 17.5 Å². The average molecular weight is 448 g/mol. The Bertz CT molecular complexity index is 531. The molecule has 1 heterocycles. The minimum atomic E-state index is 0. The summed E-state index contributed by atoms with van der Waals surface area (Å²) in [6.45, 7) is 3.14. The number of aliphatic imine (C=N–C) groups is 1. The average Bonchev–Trinajstić information content (AvgIpc) is 2.56. The van der Waals surface area contributed by atoms with Crippen LogP contribution in [0.5, 0.6) is 11.5 Å². The van der Waals surface area contributed by atoms with Crippen LogP contribution in [0.4, 0.5) is 5.69 Å². The van der Waals surface area contributed by atoms with Crippen LogP contribution >= 0.6 is 24.0 Å². The minimum absolute atomic E-state index is 0. The van der Waals surface area contributed by atoms with Gasteiger partial charge in [-0.05, 0) is 57.5 Å². The van der Waals surface area contributed by atoms with Gasteiger partial charge in [0.05, 0.1) is 14.2 Å². The number of hydrogen-bond donors (Lipinski definition) is 2. The van der Waals surface area contributed by atoms with Gasteiger partial charge in [-0.15, -0.1) is 24.0 Å². The highest BCUT2D eigenvalue weighted by Crippen LogP contribution is 2.29. The summed E-state index contributed by atoms with van der Waals surface area (Å²) < 4.78 is 10.5. The number of guanidine groups is 1. The summed E-state index contributed by atoms with van der Waals surface area (Å²) in [5, 5.41) is 3.10. The quantitative estimate of drug-likeness (QED) is 0.398. The lowest BCUT2D eigenvalue weighted by Crippen LogP contribution is -2.30. The first-order valence-electron chi connectivity index (χ1n) is 8.10. The third-order valence-corrected chi connectivity index (χ3v) is 4.31. The molecule has 0 spiro atoms. The first-order valence-corrected chi connectivity index (χ1v) is 8.10. The second kappa shape index (κ2) is 10.6. The van der Waals surface area contributed by atoms with Crippen LogP contribution in [-0.2, 0) is 0 Å². The summed E-state index contributed by atoms with van der Waals surface area (Å²) in [5.41, 5.74) is 6.80. The molecule has 7 heteroatoms. The number of nitrogens with one attached hydrogen (secondary N) is 1. The van der Waals surface area contributed by atoms with Crippen molar-refractivity contribution < 1.29 is 9.47 Å². The number of halogens is 1. The molecule has 0 radical (unpaired) electrons. The highest BCUT2D eigenvalue weighted by Gasteiger charge is 2.15. The van der Waals surface area contributed by atoms with E-state index in [-0.39, 0.29) is 24.0 Å². The van der Waals surface area contributed by atoms with E-state index in [0.29, 0.717) is 17.5 Å². The zero-order chi connectivity index (χ0) is 16.7. The summed E-state index contributed by atoms with van der Waals surface area (Å²) in [7, 11) is 5.41. The van der Waals surface area contributed by atoms with E-state index in [9.17, 15) is 0 Å². The Labute approximate surface area is 161 Å². The number of rotatable bonds is 6. The van der Waals surface area contributed by atoms with Crippen LogP contribution in [0.2, 0.25) is 0 Å². The maximum absolute atomic E-state index is 5.96. The van der Waals surface area contributed by atoms with Gasteiger partial charge in [0, 0.05) is 18.3 Å². The summed E-state index contributed by atoms with van der Waals surface area (Å²) >= 11 is 0. The maximum atomic E-state index is 5.96. The molecule has 136 valence electrons. The molecule has 0 aliphatic carbocycles. The summed E-state index contributed by atoms with van der Waals surface area (Å²) in [4.78, 5) is 6.81. The van der Waals surface area contributed by atoms with Crippen molar-refractivity contribution in [2.45, 2.75) is 19.3 Å². The van der Waals surface area contributed by atoms with E-state index in [2.05, 4.69) is 22.3 Å². The predicted octanol–water partition coefficient (Wildman–Crippen LogP) is 2.78. The van der Waals surface area contributed by atoms with E-state index >= 15 is 0 Å². The van der Waals surface area contributed by atoms with E-state index in [1.54, 1.807) is 14.2 Å². The Kier molecular flexibility index (Phi) is 9.20. The zero-order valence-corrected chi connectivity index (χ0v) is 17.1. The van der Waals surface area contributed by atoms with E-state index in [4.69, 9.17) is 15.2 Å². The molecule has 24 heavy (non-hydrogen) atoms. The molecule has 0 bridgehead atoms. The van der Waals surface area contributed by atoms with Crippen molar-refractivity contribution in [3.8, 4) is 11.5 Å². The molecule has 6 nitrogen and oxygen atoms in total. The molecule has 0 unspecified atom stereocenters. The predicted molar refractivity (Wildman–Crippen MR) is 110 cm³/mol. The van der Waals surface area contributed by atoms with Gasteiger partial charge in [0.1, 0.15) is 0 Å². The standard InChI is InChI=1S/C17H28N4O2.HI/c1-21-10-7-13(8-11-21)6-9-19-17(18)20-14-4-5-15(22-2)16(12-14)23-3;/h4-5,12-13H,6-11H2,1-3H3,(H3,18,19,20);1H. The van der Waals surface area contributed by atoms with Gasteiger partial charge in [-0.2, -0.15) is 0 Å². The van der Waals surface area contributed by atoms with E-state index < -0.39 is 0 Å². The van der Waals surface area contributed by atoms with Crippen LogP contribution in [-0.4, -0.2) is 51.8 Å². The fourth-order valence-corrected chi connectivity index (χ4v) is 2.82. The second-order valence-corrected chi connectivity index (χ2v) is 6.00. The van der Waals surface area contributed by atoms with Gasteiger partial charge < -0.3 is 25.4 Å². The smallest absolute Gasteiger partial charge is 0.193 e. The van der Waals surface area contributed by atoms with Crippen LogP contribution in [0.15, 0.2) is 23.2 Å². The Morgan fingerprint density at radius 3 is 2.54 bits per heavy atom. The number of ether oxygens (including phenoxy) is 2. The SMILES string of the molecule is COc1ccc(NC(N)=NCCC2CCN(C)CC2)cc1OC.I. The lowest BCUT2D eigenvalue weighted by molar-refractivity contribution is 0.214. The summed E-state index contributed by atoms with van der Waals surface area (Å²) in [5.74, 6) is 2.56. The highest BCUT2D eigenvalue weighted by atomic mass is 127. The number of hydrogen-bond acceptors (Lipinski definition) is 4. The molecular weight excluding hydrogens is 419 g/mol. The Morgan fingerprint density at radius 2 is 1.92 bits per heavy atom. The Morgan fingerprint density at radius 1 is 1.25 bits per heavy atom. The van der Waals surface area contributed by atoms with Gasteiger partial charge in [0.25, 0.3) is 0 Å². The fourth-order valence-electron chi connectivity index (χ4n) is 2.82. The lowest BCUT2D eigenvalue weighted by atomic mass is 9.94. The Hall–Kier alpha value is -1.22. The van der Waals surface area contributed by atoms with Gasteiger partial charge in [-0.25, -0.2) is 0 Å². The number of benzene rings is 1. The molecule has 0 atom stereocenters. The first-order chi connectivity index (χ1) is 11.1. The molecule has 1 aromatic carbocycles. The third-order valence-electron chi connectivity index (χ3n) is 4.31. The molecular formula is C17H29IN4O2. The molecule has 1 fully saturated rings. The van der Waals surface area contributed by atoms with Gasteiger partial charge >= 0.3 is 0 Å². The molecule has 1 saturated heterocycles. The molecule has 3 N–H and O–H groups in total. The number of nitrogens with zero attached hydrogens (tertiary/aromatic N) is 2. The highest BCUT2D eigenvalue weighted by molar-refractivity contribution is 14.0. The van der Waals surface area contributed by atoms with Crippen LogP contribution in [0.1, 0.15) is 19.3 Å². The van der Waals surface area contributed by atoms with Crippen molar-refractivity contribution in [3.05, 3.63) is 18.2 Å². The van der Waals surface area contributed by atoms with Gasteiger partial charge in [0.2, 0.25) is 0 Å². The topological polar surface area (TPSA) is 72.1 Å². The fraction of sp³-hybridized carbons (Fsp3) is 0.588. The van der Waals surface area contributed by atoms with Crippen molar-refractivity contribution in [1.29, 1.82) is 0 Å². The third kappa shape index (κ3) is 6.35. The first kappa shape index (κ1) is 20.8. The van der Waals surface area contributed by atoms with Crippen LogP contribution in [0.25, 0.3) is 0 Å². The molecule has 1 aliphatic heterocycles. The van der Waals surface area contributed by atoms with Crippen molar-refractivity contribution in [1.82, 2.24) is 4.90 Å². The Balaban J connectivity index is 0.00000288. The molecule has 1 aromatic rings. The number of piperidine rings is 1. The van der Waals surface area contributed by atoms with Crippen LogP contribution in [0, 0.1) is 5.92 Å². The van der Waals surface area contributed by atoms with Crippen molar-refractivity contribution in [2.24, 2.45) is 16.6 Å². The second-order valence-electron chi connectivity index (χ2n) is 6.00. The molecule has 0 amide bonds. The number of methoxy groups -OCH3 is 2. The minimum Gasteiger partial charge on any atom is -0.493 e. The molecule has 1 aliphatic rings. The normalized spacial score (nSPS) is 16.4. The summed E-state index contributed by atoms with van der Waals surface area (Å²) in [6, 6.07) is 5.58. The van der Waals surface area contributed by atoms with E-state index in [1.165, 1.54) is 25.9 Å². The lowest BCUT2D eigenvalue weighted by Gasteiger charge is -2.28. The van der Waals surface area contributed by atoms with E-state index in [1.807, 2.05) is 18.2 Å². The molecule has 0 saturated carbocycles. The van der Waals surface area contributed by atoms with Crippen LogP contribution < -0.4 is 20.5 Å². The molecule has 2 rings (SSSR count). The van der Waals surface area contributed by atoms with Crippen molar-refractivity contribution in [2.75, 3.05) is 46.2 Å². The summed E-state index contributed by atoms with van der Waals surface area (Å²) in [6.07, 6.45) is 3.62. The monoisotopic (exact) mass is 448 g/mol. The van der Waals surface area contributed by atoms with Crippen LogP contribution in [0.3, 0.4) is 0 Å². The van der Waals surface area contributed by atoms with Crippen molar-refractivity contribution >= 4 is 35.6 Å². The van der Waals surface area contributed by atoms with Gasteiger partial charge in [-0.1, -0.05) is 0 Å². The van der Waals surface area contributed by atoms with Crippen molar-refractivity contribution in [3.63, 3.8) is 0 Å². The number of nitrogens with two attached hydrogens (primary N) is 1. The molecule has 0 aromatic heterocycles. The number of anilines is 1. The maximum Gasteiger partial charge on any atom is 0.193 e. The number of likely N-dealkylation sites (tertiary alicyclic amines) is 1. The van der Waals surface area contributed by atoms with Gasteiger partial charge in [-0.3, -0.25) is 4.99 Å². The largest absolute Gasteiger partial charge is 0.493 e.